The van der Waals surface area contributed by atoms with Crippen molar-refractivity contribution in [2.24, 2.45) is 0 Å². The largest absolute Gasteiger partial charge is 0.379 e. The molecule has 0 bridgehead atoms. The number of morpholine rings is 1. The van der Waals surface area contributed by atoms with E-state index in [0.29, 0.717) is 6.04 Å². The van der Waals surface area contributed by atoms with Crippen molar-refractivity contribution in [1.82, 2.24) is 14.9 Å². The second-order valence-electron chi connectivity index (χ2n) is 6.39. The van der Waals surface area contributed by atoms with Gasteiger partial charge in [0.05, 0.1) is 13.2 Å². The lowest BCUT2D eigenvalue weighted by molar-refractivity contribution is 0.0398. The number of aromatic nitrogens is 2. The maximum absolute atomic E-state index is 5.38. The number of piperidine rings is 1. The van der Waals surface area contributed by atoms with E-state index in [1.165, 1.54) is 25.7 Å². The summed E-state index contributed by atoms with van der Waals surface area (Å²) in [6.45, 7) is 9.09. The molecule has 0 aliphatic carbocycles. The van der Waals surface area contributed by atoms with Crippen LogP contribution in [-0.2, 0) is 4.74 Å². The van der Waals surface area contributed by atoms with Gasteiger partial charge in [0.2, 0.25) is 0 Å². The minimum Gasteiger partial charge on any atom is -0.379 e. The van der Waals surface area contributed by atoms with E-state index >= 15 is 0 Å². The molecular formula is C17H29N5O. The molecule has 1 N–H and O–H groups in total. The van der Waals surface area contributed by atoms with Crippen LogP contribution in [0.4, 0.5) is 11.6 Å². The Morgan fingerprint density at radius 3 is 2.91 bits per heavy atom. The molecule has 1 atom stereocenters. The highest BCUT2D eigenvalue weighted by molar-refractivity contribution is 5.49. The predicted octanol–water partition coefficient (Wildman–Crippen LogP) is 1.99. The van der Waals surface area contributed by atoms with Crippen LogP contribution in [-0.4, -0.2) is 66.8 Å². The summed E-state index contributed by atoms with van der Waals surface area (Å²) in [4.78, 5) is 13.8. The van der Waals surface area contributed by atoms with Crippen molar-refractivity contribution in [2.75, 3.05) is 56.2 Å². The standard InChI is InChI=1S/C17H29N5O/c1-2-15-5-3-4-7-22(15)17-13-16(19-14-20-17)18-6-8-21-9-11-23-12-10-21/h13-15H,2-12H2,1H3,(H,18,19,20). The van der Waals surface area contributed by atoms with Gasteiger partial charge in [-0.25, -0.2) is 9.97 Å². The fraction of sp³-hybridized carbons (Fsp3) is 0.765. The van der Waals surface area contributed by atoms with Crippen LogP contribution in [0.25, 0.3) is 0 Å². The van der Waals surface area contributed by atoms with Gasteiger partial charge in [-0.2, -0.15) is 0 Å². The van der Waals surface area contributed by atoms with Gasteiger partial charge in [-0.15, -0.1) is 0 Å². The van der Waals surface area contributed by atoms with E-state index in [-0.39, 0.29) is 0 Å². The number of rotatable bonds is 6. The van der Waals surface area contributed by atoms with Gasteiger partial charge < -0.3 is 15.0 Å². The number of anilines is 2. The smallest absolute Gasteiger partial charge is 0.134 e. The number of hydrogen-bond donors (Lipinski definition) is 1. The quantitative estimate of drug-likeness (QED) is 0.865. The van der Waals surface area contributed by atoms with E-state index in [0.717, 1.165) is 57.6 Å². The Kier molecular flexibility index (Phi) is 6.05. The molecule has 2 fully saturated rings. The minimum atomic E-state index is 0.625. The lowest BCUT2D eigenvalue weighted by atomic mass is 10.0. The summed E-state index contributed by atoms with van der Waals surface area (Å²) in [5.41, 5.74) is 0. The fourth-order valence-corrected chi connectivity index (χ4v) is 3.49. The van der Waals surface area contributed by atoms with Crippen molar-refractivity contribution in [3.05, 3.63) is 12.4 Å². The molecule has 0 radical (unpaired) electrons. The monoisotopic (exact) mass is 319 g/mol. The zero-order valence-electron chi connectivity index (χ0n) is 14.2. The Labute approximate surface area is 139 Å². The molecule has 3 rings (SSSR count). The van der Waals surface area contributed by atoms with Crippen LogP contribution < -0.4 is 10.2 Å². The van der Waals surface area contributed by atoms with Crippen molar-refractivity contribution in [2.45, 2.75) is 38.6 Å². The topological polar surface area (TPSA) is 53.5 Å². The highest BCUT2D eigenvalue weighted by atomic mass is 16.5. The zero-order chi connectivity index (χ0) is 15.9. The third kappa shape index (κ3) is 4.54. The van der Waals surface area contributed by atoms with Crippen molar-refractivity contribution in [3.8, 4) is 0 Å². The average Bonchev–Trinajstić information content (AvgIpc) is 2.63. The molecule has 0 amide bonds. The Morgan fingerprint density at radius 1 is 1.22 bits per heavy atom. The summed E-state index contributed by atoms with van der Waals surface area (Å²) in [7, 11) is 0. The van der Waals surface area contributed by atoms with Gasteiger partial charge in [-0.1, -0.05) is 6.92 Å². The zero-order valence-corrected chi connectivity index (χ0v) is 14.2. The van der Waals surface area contributed by atoms with E-state index in [1.54, 1.807) is 6.33 Å². The molecule has 1 unspecified atom stereocenters. The minimum absolute atomic E-state index is 0.625. The van der Waals surface area contributed by atoms with Gasteiger partial charge in [-0.05, 0) is 25.7 Å². The van der Waals surface area contributed by atoms with Gasteiger partial charge in [0.1, 0.15) is 18.0 Å². The highest BCUT2D eigenvalue weighted by Gasteiger charge is 2.22. The predicted molar refractivity (Wildman–Crippen MR) is 93.1 cm³/mol. The van der Waals surface area contributed by atoms with Crippen molar-refractivity contribution < 1.29 is 4.74 Å². The Morgan fingerprint density at radius 2 is 2.09 bits per heavy atom. The average molecular weight is 319 g/mol. The second-order valence-corrected chi connectivity index (χ2v) is 6.39. The molecular weight excluding hydrogens is 290 g/mol. The molecule has 0 spiro atoms. The first kappa shape index (κ1) is 16.5. The molecule has 2 saturated heterocycles. The van der Waals surface area contributed by atoms with E-state index in [1.807, 2.05) is 0 Å². The van der Waals surface area contributed by atoms with E-state index in [4.69, 9.17) is 4.74 Å². The second kappa shape index (κ2) is 8.45. The number of nitrogens with zero attached hydrogens (tertiary/aromatic N) is 4. The lowest BCUT2D eigenvalue weighted by Crippen LogP contribution is -2.40. The number of hydrogen-bond acceptors (Lipinski definition) is 6. The Hall–Kier alpha value is -1.40. The van der Waals surface area contributed by atoms with Crippen LogP contribution in [0, 0.1) is 0 Å². The van der Waals surface area contributed by atoms with Gasteiger partial charge in [0, 0.05) is 44.8 Å². The molecule has 6 heteroatoms. The normalized spacial score (nSPS) is 23.0. The lowest BCUT2D eigenvalue weighted by Gasteiger charge is -2.36. The van der Waals surface area contributed by atoms with Crippen LogP contribution in [0.3, 0.4) is 0 Å². The molecule has 1 aromatic rings. The SMILES string of the molecule is CCC1CCCCN1c1cc(NCCN2CCOCC2)ncn1. The molecule has 2 aliphatic heterocycles. The first-order chi connectivity index (χ1) is 11.4. The molecule has 128 valence electrons. The molecule has 3 heterocycles. The maximum atomic E-state index is 5.38. The van der Waals surface area contributed by atoms with Crippen molar-refractivity contribution >= 4 is 11.6 Å². The van der Waals surface area contributed by atoms with Gasteiger partial charge in [-0.3, -0.25) is 4.90 Å². The van der Waals surface area contributed by atoms with E-state index in [2.05, 4.69) is 38.1 Å². The molecule has 1 aromatic heterocycles. The summed E-state index contributed by atoms with van der Waals surface area (Å²) >= 11 is 0. The molecule has 2 aliphatic rings. The molecule has 0 aromatic carbocycles. The summed E-state index contributed by atoms with van der Waals surface area (Å²) in [5, 5.41) is 3.44. The number of nitrogens with one attached hydrogen (secondary N) is 1. The summed E-state index contributed by atoms with van der Waals surface area (Å²) < 4.78 is 5.38. The fourth-order valence-electron chi connectivity index (χ4n) is 3.49. The van der Waals surface area contributed by atoms with E-state index < -0.39 is 0 Å². The molecule has 0 saturated carbocycles. The maximum Gasteiger partial charge on any atom is 0.134 e. The summed E-state index contributed by atoms with van der Waals surface area (Å²) in [6.07, 6.45) is 6.75. The third-order valence-electron chi connectivity index (χ3n) is 4.88. The van der Waals surface area contributed by atoms with Crippen molar-refractivity contribution in [1.29, 1.82) is 0 Å². The molecule has 6 nitrogen and oxygen atoms in total. The van der Waals surface area contributed by atoms with Crippen molar-refractivity contribution in [3.63, 3.8) is 0 Å². The van der Waals surface area contributed by atoms with Crippen LogP contribution in [0.2, 0.25) is 0 Å². The molecule has 23 heavy (non-hydrogen) atoms. The summed E-state index contributed by atoms with van der Waals surface area (Å²) in [5.74, 6) is 2.00. The Bertz CT molecular complexity index is 478. The van der Waals surface area contributed by atoms with Gasteiger partial charge in [0.25, 0.3) is 0 Å². The first-order valence-corrected chi connectivity index (χ1v) is 8.99. The first-order valence-electron chi connectivity index (χ1n) is 8.99. The van der Waals surface area contributed by atoms with Gasteiger partial charge >= 0.3 is 0 Å². The van der Waals surface area contributed by atoms with Crippen LogP contribution in [0.1, 0.15) is 32.6 Å². The number of ether oxygens (including phenoxy) is 1. The van der Waals surface area contributed by atoms with Crippen LogP contribution in [0.15, 0.2) is 12.4 Å². The summed E-state index contributed by atoms with van der Waals surface area (Å²) in [6, 6.07) is 2.73. The van der Waals surface area contributed by atoms with Crippen LogP contribution >= 0.6 is 0 Å². The third-order valence-corrected chi connectivity index (χ3v) is 4.88. The highest BCUT2D eigenvalue weighted by Crippen LogP contribution is 2.25. The van der Waals surface area contributed by atoms with E-state index in [9.17, 15) is 0 Å². The van der Waals surface area contributed by atoms with Crippen LogP contribution in [0.5, 0.6) is 0 Å². The Balaban J connectivity index is 1.54. The van der Waals surface area contributed by atoms with Gasteiger partial charge in [0.15, 0.2) is 0 Å².